The number of urea groups is 1. The maximum atomic E-state index is 14.2. The van der Waals surface area contributed by atoms with Crippen LogP contribution in [0, 0.1) is 11.6 Å². The zero-order valence-corrected chi connectivity index (χ0v) is 17.0. The van der Waals surface area contributed by atoms with Gasteiger partial charge < -0.3 is 10.6 Å². The van der Waals surface area contributed by atoms with E-state index >= 15 is 0 Å². The molecule has 0 radical (unpaired) electrons. The largest absolute Gasteiger partial charge is 0.325 e. The van der Waals surface area contributed by atoms with Crippen LogP contribution in [0.2, 0.25) is 0 Å². The Labute approximate surface area is 173 Å². The van der Waals surface area contributed by atoms with E-state index in [-0.39, 0.29) is 11.5 Å². The molecule has 30 heavy (non-hydrogen) atoms. The molecule has 0 aromatic heterocycles. The van der Waals surface area contributed by atoms with Crippen LogP contribution in [0.3, 0.4) is 0 Å². The number of halogens is 2. The summed E-state index contributed by atoms with van der Waals surface area (Å²) in [4.78, 5) is 38.5. The Hall–Kier alpha value is -3.29. The molecule has 0 spiro atoms. The number of nitrogens with zero attached hydrogens (tertiary/aromatic N) is 1. The SMILES string of the molecule is CC[C@H](C)c1ccccc1NC(=O)CN1C(=O)N[C@](C)(c2cc(F)ccc2F)C1=O. The molecule has 0 bridgehead atoms. The second kappa shape index (κ2) is 8.22. The average molecular weight is 415 g/mol. The molecule has 1 fully saturated rings. The fourth-order valence-corrected chi connectivity index (χ4v) is 3.50. The second-order valence-corrected chi connectivity index (χ2v) is 7.52. The molecular weight excluding hydrogens is 392 g/mol. The number of rotatable bonds is 6. The van der Waals surface area contributed by atoms with Crippen LogP contribution >= 0.6 is 0 Å². The number of para-hydroxylation sites is 1. The number of benzene rings is 2. The Morgan fingerprint density at radius 1 is 1.20 bits per heavy atom. The van der Waals surface area contributed by atoms with Crippen LogP contribution in [0.15, 0.2) is 42.5 Å². The normalized spacial score (nSPS) is 19.6. The van der Waals surface area contributed by atoms with Gasteiger partial charge in [-0.2, -0.15) is 0 Å². The van der Waals surface area contributed by atoms with Gasteiger partial charge in [0.05, 0.1) is 0 Å². The highest BCUT2D eigenvalue weighted by Gasteiger charge is 2.50. The van der Waals surface area contributed by atoms with Crippen molar-refractivity contribution in [2.45, 2.75) is 38.6 Å². The lowest BCUT2D eigenvalue weighted by molar-refractivity contribution is -0.133. The Morgan fingerprint density at radius 2 is 1.90 bits per heavy atom. The molecule has 3 rings (SSSR count). The van der Waals surface area contributed by atoms with Crippen molar-refractivity contribution < 1.29 is 23.2 Å². The summed E-state index contributed by atoms with van der Waals surface area (Å²) in [5, 5.41) is 5.11. The average Bonchev–Trinajstić information content (AvgIpc) is 2.93. The van der Waals surface area contributed by atoms with Gasteiger partial charge in [0, 0.05) is 11.3 Å². The van der Waals surface area contributed by atoms with Crippen LogP contribution in [0.25, 0.3) is 0 Å². The van der Waals surface area contributed by atoms with Gasteiger partial charge in [-0.3, -0.25) is 14.5 Å². The summed E-state index contributed by atoms with van der Waals surface area (Å²) in [7, 11) is 0. The molecule has 0 unspecified atom stereocenters. The summed E-state index contributed by atoms with van der Waals surface area (Å²) in [5.74, 6) is -2.77. The number of amides is 4. The summed E-state index contributed by atoms with van der Waals surface area (Å²) in [6, 6.07) is 9.11. The smallest absolute Gasteiger partial charge is 0.324 e. The van der Waals surface area contributed by atoms with Crippen molar-refractivity contribution >= 4 is 23.5 Å². The first-order valence-corrected chi connectivity index (χ1v) is 9.65. The first-order chi connectivity index (χ1) is 14.2. The quantitative estimate of drug-likeness (QED) is 0.703. The molecule has 1 saturated heterocycles. The monoisotopic (exact) mass is 415 g/mol. The molecule has 6 nitrogen and oxygen atoms in total. The van der Waals surface area contributed by atoms with Crippen molar-refractivity contribution in [3.63, 3.8) is 0 Å². The molecule has 4 amide bonds. The maximum Gasteiger partial charge on any atom is 0.325 e. The molecule has 2 aromatic rings. The van der Waals surface area contributed by atoms with Crippen molar-refractivity contribution in [1.82, 2.24) is 10.2 Å². The van der Waals surface area contributed by atoms with Crippen LogP contribution in [0.5, 0.6) is 0 Å². The third-order valence-electron chi connectivity index (χ3n) is 5.42. The summed E-state index contributed by atoms with van der Waals surface area (Å²) >= 11 is 0. The van der Waals surface area contributed by atoms with Crippen molar-refractivity contribution in [3.05, 3.63) is 65.2 Å². The highest BCUT2D eigenvalue weighted by atomic mass is 19.1. The molecule has 2 atom stereocenters. The fourth-order valence-electron chi connectivity index (χ4n) is 3.50. The molecule has 2 aromatic carbocycles. The van der Waals surface area contributed by atoms with Crippen LogP contribution in [-0.4, -0.2) is 29.3 Å². The van der Waals surface area contributed by atoms with E-state index in [0.29, 0.717) is 10.6 Å². The molecule has 158 valence electrons. The van der Waals surface area contributed by atoms with Crippen molar-refractivity contribution in [3.8, 4) is 0 Å². The molecule has 1 aliphatic rings. The summed E-state index contributed by atoms with van der Waals surface area (Å²) in [5.41, 5.74) is -0.566. The van der Waals surface area contributed by atoms with Crippen LogP contribution in [0.4, 0.5) is 19.3 Å². The number of hydrogen-bond acceptors (Lipinski definition) is 3. The lowest BCUT2D eigenvalue weighted by Gasteiger charge is -2.23. The highest BCUT2D eigenvalue weighted by Crippen LogP contribution is 2.31. The first-order valence-electron chi connectivity index (χ1n) is 9.65. The predicted molar refractivity (Wildman–Crippen MR) is 108 cm³/mol. The molecular formula is C22H23F2N3O3. The van der Waals surface area contributed by atoms with Gasteiger partial charge in [-0.15, -0.1) is 0 Å². The fraction of sp³-hybridized carbons (Fsp3) is 0.318. The Kier molecular flexibility index (Phi) is 5.87. The molecule has 1 aliphatic heterocycles. The van der Waals surface area contributed by atoms with Gasteiger partial charge in [-0.1, -0.05) is 32.0 Å². The number of carbonyl (C=O) groups excluding carboxylic acids is 3. The van der Waals surface area contributed by atoms with E-state index in [9.17, 15) is 23.2 Å². The molecule has 0 aliphatic carbocycles. The lowest BCUT2D eigenvalue weighted by atomic mass is 9.91. The number of nitrogens with one attached hydrogen (secondary N) is 2. The maximum absolute atomic E-state index is 14.2. The van der Waals surface area contributed by atoms with Gasteiger partial charge in [-0.05, 0) is 49.1 Å². The Bertz CT molecular complexity index is 1010. The Morgan fingerprint density at radius 3 is 2.60 bits per heavy atom. The number of hydrogen-bond donors (Lipinski definition) is 2. The Balaban J connectivity index is 1.80. The van der Waals surface area contributed by atoms with Gasteiger partial charge in [0.1, 0.15) is 23.7 Å². The van der Waals surface area contributed by atoms with E-state index in [2.05, 4.69) is 10.6 Å². The van der Waals surface area contributed by atoms with Gasteiger partial charge in [-0.25, -0.2) is 13.6 Å². The van der Waals surface area contributed by atoms with E-state index < -0.39 is 41.6 Å². The van der Waals surface area contributed by atoms with E-state index in [1.165, 1.54) is 6.92 Å². The van der Waals surface area contributed by atoms with E-state index in [1.54, 1.807) is 12.1 Å². The summed E-state index contributed by atoms with van der Waals surface area (Å²) in [6.45, 7) is 4.79. The number of anilines is 1. The van der Waals surface area contributed by atoms with Gasteiger partial charge >= 0.3 is 6.03 Å². The van der Waals surface area contributed by atoms with Crippen molar-refractivity contribution in [1.29, 1.82) is 0 Å². The zero-order valence-electron chi connectivity index (χ0n) is 17.0. The summed E-state index contributed by atoms with van der Waals surface area (Å²) in [6.07, 6.45) is 0.872. The van der Waals surface area contributed by atoms with Gasteiger partial charge in [0.25, 0.3) is 5.91 Å². The van der Waals surface area contributed by atoms with Crippen molar-refractivity contribution in [2.75, 3.05) is 11.9 Å². The lowest BCUT2D eigenvalue weighted by Crippen LogP contribution is -2.42. The first kappa shape index (κ1) is 21.4. The van der Waals surface area contributed by atoms with Gasteiger partial charge in [0.2, 0.25) is 5.91 Å². The van der Waals surface area contributed by atoms with E-state index in [4.69, 9.17) is 0 Å². The topological polar surface area (TPSA) is 78.5 Å². The highest BCUT2D eigenvalue weighted by molar-refractivity contribution is 6.10. The number of imide groups is 1. The molecule has 8 heteroatoms. The van der Waals surface area contributed by atoms with E-state index in [1.807, 2.05) is 26.0 Å². The van der Waals surface area contributed by atoms with Gasteiger partial charge in [0.15, 0.2) is 0 Å². The van der Waals surface area contributed by atoms with Crippen molar-refractivity contribution in [2.24, 2.45) is 0 Å². The zero-order chi connectivity index (χ0) is 22.1. The standard InChI is InChI=1S/C22H23F2N3O3/c1-4-13(2)15-7-5-6-8-18(15)25-19(28)12-27-20(29)22(3,26-21(27)30)16-11-14(23)9-10-17(16)24/h5-11,13H,4,12H2,1-3H3,(H,25,28)(H,26,30)/t13-,22+/m0/s1. The van der Waals surface area contributed by atoms with Crippen LogP contribution in [-0.2, 0) is 15.1 Å². The molecule has 0 saturated carbocycles. The minimum Gasteiger partial charge on any atom is -0.324 e. The third kappa shape index (κ3) is 3.90. The minimum absolute atomic E-state index is 0.206. The third-order valence-corrected chi connectivity index (χ3v) is 5.42. The minimum atomic E-state index is -1.81. The molecule has 2 N–H and O–H groups in total. The second-order valence-electron chi connectivity index (χ2n) is 7.52. The number of carbonyl (C=O) groups is 3. The van der Waals surface area contributed by atoms with Crippen LogP contribution in [0.1, 0.15) is 44.2 Å². The predicted octanol–water partition coefficient (Wildman–Crippen LogP) is 3.88. The summed E-state index contributed by atoms with van der Waals surface area (Å²) < 4.78 is 27.8. The van der Waals surface area contributed by atoms with Crippen LogP contribution < -0.4 is 10.6 Å². The molecule has 1 heterocycles. The van der Waals surface area contributed by atoms with E-state index in [0.717, 1.165) is 30.2 Å².